The van der Waals surface area contributed by atoms with Crippen LogP contribution < -0.4 is 14.8 Å². The van der Waals surface area contributed by atoms with Gasteiger partial charge >= 0.3 is 5.97 Å². The van der Waals surface area contributed by atoms with Gasteiger partial charge in [0.15, 0.2) is 5.17 Å². The molecule has 0 bridgehead atoms. The summed E-state index contributed by atoms with van der Waals surface area (Å²) in [4.78, 5) is 27.0. The van der Waals surface area contributed by atoms with Gasteiger partial charge in [-0.2, -0.15) is 5.10 Å². The van der Waals surface area contributed by atoms with E-state index < -0.39 is 11.2 Å². The third-order valence-electron chi connectivity index (χ3n) is 4.78. The molecule has 1 amide bonds. The minimum absolute atomic E-state index is 0.262. The number of carboxylic acids is 1. The van der Waals surface area contributed by atoms with Crippen LogP contribution in [-0.2, 0) is 16.2 Å². The Hall–Kier alpha value is -3.92. The maximum absolute atomic E-state index is 11.8. The number of hydrogen-bond acceptors (Lipinski definition) is 8. The average Bonchev–Trinajstić information content (AvgIpc) is 3.15. The van der Waals surface area contributed by atoms with Gasteiger partial charge in [0.05, 0.1) is 19.7 Å². The number of aromatic nitrogens is 1. The van der Waals surface area contributed by atoms with E-state index >= 15 is 0 Å². The van der Waals surface area contributed by atoms with Crippen LogP contribution >= 0.6 is 11.8 Å². The number of aliphatic carboxylic acids is 1. The first-order valence-electron chi connectivity index (χ1n) is 9.97. The molecule has 0 saturated carbocycles. The highest BCUT2D eigenvalue weighted by molar-refractivity contribution is 8.15. The van der Waals surface area contributed by atoms with Crippen molar-refractivity contribution in [3.05, 3.63) is 65.9 Å². The molecule has 2 N–H and O–H groups in total. The minimum atomic E-state index is -1.04. The lowest BCUT2D eigenvalue weighted by molar-refractivity contribution is -0.138. The number of carbonyl (C=O) groups excluding carboxylic acids is 1. The summed E-state index contributed by atoms with van der Waals surface area (Å²) in [6, 6.07) is 15.1. The molecule has 2 aromatic carbocycles. The quantitative estimate of drug-likeness (QED) is 0.388. The fraction of sp³-hybridized carbons (Fsp3) is 0.174. The highest BCUT2D eigenvalue weighted by Crippen LogP contribution is 2.26. The molecule has 0 spiro atoms. The average molecular weight is 465 g/mol. The van der Waals surface area contributed by atoms with Gasteiger partial charge in [-0.1, -0.05) is 30.0 Å². The van der Waals surface area contributed by atoms with Crippen LogP contribution in [0.3, 0.4) is 0 Å². The number of carbonyl (C=O) groups is 2. The first-order valence-corrected chi connectivity index (χ1v) is 10.9. The molecule has 1 aliphatic heterocycles. The summed E-state index contributed by atoms with van der Waals surface area (Å²) in [5.41, 5.74) is 2.35. The molecule has 33 heavy (non-hydrogen) atoms. The summed E-state index contributed by atoms with van der Waals surface area (Å²) < 4.78 is 11.5. The van der Waals surface area contributed by atoms with Crippen molar-refractivity contribution in [1.29, 1.82) is 0 Å². The molecule has 0 aliphatic carbocycles. The van der Waals surface area contributed by atoms with E-state index in [-0.39, 0.29) is 24.1 Å². The van der Waals surface area contributed by atoms with Crippen LogP contribution in [0.4, 0.5) is 0 Å². The zero-order valence-electron chi connectivity index (χ0n) is 17.6. The monoisotopic (exact) mass is 464 g/mol. The van der Waals surface area contributed by atoms with Crippen molar-refractivity contribution < 1.29 is 24.2 Å². The highest BCUT2D eigenvalue weighted by atomic mass is 32.2. The van der Waals surface area contributed by atoms with Gasteiger partial charge in [-0.05, 0) is 35.9 Å². The van der Waals surface area contributed by atoms with Gasteiger partial charge in [-0.25, -0.2) is 0 Å². The third kappa shape index (κ3) is 5.47. The fourth-order valence-electron chi connectivity index (χ4n) is 3.23. The van der Waals surface area contributed by atoms with Crippen molar-refractivity contribution in [2.24, 2.45) is 10.2 Å². The van der Waals surface area contributed by atoms with Crippen molar-refractivity contribution in [2.45, 2.75) is 18.3 Å². The summed E-state index contributed by atoms with van der Waals surface area (Å²) in [5, 5.41) is 19.9. The molecule has 168 valence electrons. The number of methoxy groups -OCH3 is 1. The van der Waals surface area contributed by atoms with Crippen molar-refractivity contribution in [3.8, 4) is 11.5 Å². The Morgan fingerprint density at radius 3 is 2.91 bits per heavy atom. The van der Waals surface area contributed by atoms with Crippen LogP contribution in [0.2, 0.25) is 0 Å². The zero-order valence-corrected chi connectivity index (χ0v) is 18.4. The van der Waals surface area contributed by atoms with E-state index in [9.17, 15) is 9.59 Å². The fourth-order valence-corrected chi connectivity index (χ4v) is 4.15. The van der Waals surface area contributed by atoms with Gasteiger partial charge in [-0.3, -0.25) is 14.6 Å². The van der Waals surface area contributed by atoms with E-state index in [0.717, 1.165) is 33.8 Å². The molecular weight excluding hydrogens is 444 g/mol. The summed E-state index contributed by atoms with van der Waals surface area (Å²) in [6.07, 6.45) is 2.99. The van der Waals surface area contributed by atoms with Gasteiger partial charge in [0, 0.05) is 17.1 Å². The molecule has 4 rings (SSSR count). The molecule has 1 aromatic heterocycles. The number of carboxylic acid groups (broad SMARTS) is 1. The Labute approximate surface area is 193 Å². The normalized spacial score (nSPS) is 16.9. The SMILES string of the molecule is COc1ccc(C=NN=C2NC(=O)C(CC(=O)O)S2)cc1COc1cccc2cccnc12. The van der Waals surface area contributed by atoms with Crippen LogP contribution in [0.15, 0.2) is 64.9 Å². The number of para-hydroxylation sites is 1. The molecule has 9 nitrogen and oxygen atoms in total. The Balaban J connectivity index is 1.47. The summed E-state index contributed by atoms with van der Waals surface area (Å²) in [6.45, 7) is 0.262. The molecule has 1 fully saturated rings. The first-order chi connectivity index (χ1) is 16.0. The molecule has 1 atom stereocenters. The lowest BCUT2D eigenvalue weighted by Crippen LogP contribution is -2.26. The Kier molecular flexibility index (Phi) is 6.84. The lowest BCUT2D eigenvalue weighted by Gasteiger charge is -2.12. The Morgan fingerprint density at radius 1 is 1.24 bits per heavy atom. The smallest absolute Gasteiger partial charge is 0.305 e. The van der Waals surface area contributed by atoms with Crippen molar-refractivity contribution in [2.75, 3.05) is 7.11 Å². The van der Waals surface area contributed by atoms with Crippen molar-refractivity contribution >= 4 is 45.9 Å². The van der Waals surface area contributed by atoms with E-state index in [1.807, 2.05) is 48.5 Å². The topological polar surface area (TPSA) is 122 Å². The highest BCUT2D eigenvalue weighted by Gasteiger charge is 2.32. The van der Waals surface area contributed by atoms with E-state index in [1.54, 1.807) is 13.3 Å². The predicted molar refractivity (Wildman–Crippen MR) is 126 cm³/mol. The number of nitrogens with zero attached hydrogens (tertiary/aromatic N) is 3. The van der Waals surface area contributed by atoms with E-state index in [4.69, 9.17) is 14.6 Å². The number of hydrogen-bond donors (Lipinski definition) is 2. The Morgan fingerprint density at radius 2 is 2.09 bits per heavy atom. The number of thioether (sulfide) groups is 1. The second kappa shape index (κ2) is 10.1. The maximum atomic E-state index is 11.8. The van der Waals surface area contributed by atoms with Crippen LogP contribution in [-0.4, -0.2) is 45.7 Å². The van der Waals surface area contributed by atoms with E-state index in [0.29, 0.717) is 11.5 Å². The van der Waals surface area contributed by atoms with Crippen LogP contribution in [0.25, 0.3) is 10.9 Å². The van der Waals surface area contributed by atoms with Crippen LogP contribution in [0, 0.1) is 0 Å². The predicted octanol–water partition coefficient (Wildman–Crippen LogP) is 3.22. The van der Waals surface area contributed by atoms with Gasteiger partial charge < -0.3 is 19.9 Å². The van der Waals surface area contributed by atoms with E-state index in [1.165, 1.54) is 6.21 Å². The molecular formula is C23H20N4O5S. The number of nitrogens with one attached hydrogen (secondary N) is 1. The van der Waals surface area contributed by atoms with Crippen molar-refractivity contribution in [1.82, 2.24) is 10.3 Å². The number of ether oxygens (including phenoxy) is 2. The standard InChI is InChI=1S/C23H20N4O5S/c1-31-17-8-7-14(12-25-27-23-26-22(30)19(33-23)11-20(28)29)10-16(17)13-32-18-6-2-4-15-5-3-9-24-21(15)18/h2-10,12,19H,11,13H2,1H3,(H,28,29)(H,26,27,30). The second-order valence-corrected chi connectivity index (χ2v) is 8.23. The van der Waals surface area contributed by atoms with E-state index in [2.05, 4.69) is 20.5 Å². The largest absolute Gasteiger partial charge is 0.496 e. The molecule has 2 heterocycles. The van der Waals surface area contributed by atoms with Gasteiger partial charge in [0.2, 0.25) is 5.91 Å². The van der Waals surface area contributed by atoms with Crippen LogP contribution in [0.5, 0.6) is 11.5 Å². The molecule has 1 saturated heterocycles. The van der Waals surface area contributed by atoms with Crippen molar-refractivity contribution in [3.63, 3.8) is 0 Å². The van der Waals surface area contributed by atoms with Crippen LogP contribution in [0.1, 0.15) is 17.5 Å². The summed E-state index contributed by atoms with van der Waals surface area (Å²) >= 11 is 1.05. The lowest BCUT2D eigenvalue weighted by atomic mass is 10.1. The first kappa shape index (κ1) is 22.3. The molecule has 3 aromatic rings. The zero-order chi connectivity index (χ0) is 23.2. The number of pyridine rings is 1. The number of rotatable bonds is 8. The summed E-state index contributed by atoms with van der Waals surface area (Å²) in [7, 11) is 1.59. The molecule has 1 unspecified atom stereocenters. The number of benzene rings is 2. The van der Waals surface area contributed by atoms with Gasteiger partial charge in [-0.15, -0.1) is 5.10 Å². The summed E-state index contributed by atoms with van der Waals surface area (Å²) in [5.74, 6) is -0.0878. The number of amides is 1. The number of amidine groups is 1. The van der Waals surface area contributed by atoms with Gasteiger partial charge in [0.25, 0.3) is 0 Å². The third-order valence-corrected chi connectivity index (χ3v) is 5.85. The second-order valence-electron chi connectivity index (χ2n) is 7.03. The maximum Gasteiger partial charge on any atom is 0.305 e. The molecule has 10 heteroatoms. The minimum Gasteiger partial charge on any atom is -0.496 e. The van der Waals surface area contributed by atoms with Gasteiger partial charge in [0.1, 0.15) is 28.9 Å². The number of fused-ring (bicyclic) bond motifs is 1. The molecule has 0 radical (unpaired) electrons. The molecule has 1 aliphatic rings. The Bertz CT molecular complexity index is 1260.